The zero-order chi connectivity index (χ0) is 13.9. The molecule has 0 saturated carbocycles. The van der Waals surface area contributed by atoms with Crippen molar-refractivity contribution < 1.29 is 24.2 Å². The van der Waals surface area contributed by atoms with E-state index >= 15 is 0 Å². The average molecular weight is 256 g/mol. The Labute approximate surface area is 102 Å². The van der Waals surface area contributed by atoms with Crippen molar-refractivity contribution in [1.29, 1.82) is 0 Å². The molecule has 2 atom stereocenters. The SMILES string of the molecule is C[C@@H](O)[C@H](NC(=O)c1cc(F)ccc1N)C(=O)O. The highest BCUT2D eigenvalue weighted by Gasteiger charge is 2.26. The summed E-state index contributed by atoms with van der Waals surface area (Å²) < 4.78 is 13.0. The molecule has 0 aliphatic rings. The second kappa shape index (κ2) is 5.46. The van der Waals surface area contributed by atoms with Gasteiger partial charge in [-0.05, 0) is 25.1 Å². The van der Waals surface area contributed by atoms with E-state index in [1.54, 1.807) is 0 Å². The van der Waals surface area contributed by atoms with Gasteiger partial charge < -0.3 is 21.3 Å². The van der Waals surface area contributed by atoms with Crippen LogP contribution in [0.2, 0.25) is 0 Å². The van der Waals surface area contributed by atoms with Crippen molar-refractivity contribution in [2.45, 2.75) is 19.1 Å². The maximum Gasteiger partial charge on any atom is 0.328 e. The average Bonchev–Trinajstić information content (AvgIpc) is 2.28. The third-order valence-electron chi connectivity index (χ3n) is 2.30. The lowest BCUT2D eigenvalue weighted by Crippen LogP contribution is -2.47. The molecule has 98 valence electrons. The summed E-state index contributed by atoms with van der Waals surface area (Å²) in [4.78, 5) is 22.5. The van der Waals surface area contributed by atoms with E-state index in [-0.39, 0.29) is 11.3 Å². The first kappa shape index (κ1) is 13.9. The van der Waals surface area contributed by atoms with Gasteiger partial charge in [0.25, 0.3) is 5.91 Å². The van der Waals surface area contributed by atoms with Crippen molar-refractivity contribution in [2.75, 3.05) is 5.73 Å². The summed E-state index contributed by atoms with van der Waals surface area (Å²) in [6.45, 7) is 1.22. The van der Waals surface area contributed by atoms with E-state index in [0.717, 1.165) is 12.1 Å². The smallest absolute Gasteiger partial charge is 0.328 e. The summed E-state index contributed by atoms with van der Waals surface area (Å²) in [6.07, 6.45) is -1.29. The molecular formula is C11H13FN2O4. The van der Waals surface area contributed by atoms with Crippen LogP contribution in [0.4, 0.5) is 10.1 Å². The molecule has 1 aromatic carbocycles. The summed E-state index contributed by atoms with van der Waals surface area (Å²) in [5.41, 5.74) is 5.32. The molecule has 1 aromatic rings. The molecule has 0 bridgehead atoms. The molecule has 0 fully saturated rings. The number of carbonyl (C=O) groups is 2. The minimum atomic E-state index is -1.49. The van der Waals surface area contributed by atoms with E-state index < -0.39 is 29.8 Å². The molecule has 0 aromatic heterocycles. The Kier molecular flexibility index (Phi) is 4.22. The van der Waals surface area contributed by atoms with Crippen LogP contribution in [0.5, 0.6) is 0 Å². The number of carboxylic acid groups (broad SMARTS) is 1. The molecule has 1 amide bonds. The molecular weight excluding hydrogens is 243 g/mol. The van der Waals surface area contributed by atoms with E-state index in [0.29, 0.717) is 0 Å². The molecule has 7 heteroatoms. The number of hydrogen-bond donors (Lipinski definition) is 4. The first-order valence-corrected chi connectivity index (χ1v) is 5.09. The number of anilines is 1. The molecule has 0 aliphatic carbocycles. The summed E-state index contributed by atoms with van der Waals surface area (Å²) in [6, 6.07) is 1.68. The summed E-state index contributed by atoms with van der Waals surface area (Å²) >= 11 is 0. The van der Waals surface area contributed by atoms with Gasteiger partial charge in [0.15, 0.2) is 6.04 Å². The highest BCUT2D eigenvalue weighted by Crippen LogP contribution is 2.13. The van der Waals surface area contributed by atoms with Crippen molar-refractivity contribution >= 4 is 17.6 Å². The Morgan fingerprint density at radius 3 is 2.56 bits per heavy atom. The second-order valence-corrected chi connectivity index (χ2v) is 3.76. The normalized spacial score (nSPS) is 13.7. The maximum absolute atomic E-state index is 13.0. The lowest BCUT2D eigenvalue weighted by Gasteiger charge is -2.17. The minimum Gasteiger partial charge on any atom is -0.480 e. The summed E-state index contributed by atoms with van der Waals surface area (Å²) in [7, 11) is 0. The number of aliphatic carboxylic acids is 1. The largest absolute Gasteiger partial charge is 0.480 e. The topological polar surface area (TPSA) is 113 Å². The third-order valence-corrected chi connectivity index (χ3v) is 2.30. The number of nitrogens with one attached hydrogen (secondary N) is 1. The highest BCUT2D eigenvalue weighted by molar-refractivity contribution is 6.00. The number of aliphatic hydroxyl groups is 1. The summed E-state index contributed by atoms with van der Waals surface area (Å²) in [5.74, 6) is -2.92. The molecule has 5 N–H and O–H groups in total. The number of hydrogen-bond acceptors (Lipinski definition) is 4. The van der Waals surface area contributed by atoms with E-state index in [1.165, 1.54) is 13.0 Å². The third kappa shape index (κ3) is 3.17. The van der Waals surface area contributed by atoms with Gasteiger partial charge in [-0.3, -0.25) is 4.79 Å². The molecule has 0 unspecified atom stereocenters. The fraction of sp³-hybridized carbons (Fsp3) is 0.273. The molecule has 6 nitrogen and oxygen atoms in total. The van der Waals surface area contributed by atoms with Gasteiger partial charge in [-0.25, -0.2) is 9.18 Å². The predicted molar refractivity (Wildman–Crippen MR) is 61.4 cm³/mol. The first-order chi connectivity index (χ1) is 8.32. The quantitative estimate of drug-likeness (QED) is 0.565. The van der Waals surface area contributed by atoms with Gasteiger partial charge in [0.1, 0.15) is 5.82 Å². The van der Waals surface area contributed by atoms with Gasteiger partial charge in [-0.2, -0.15) is 0 Å². The fourth-order valence-corrected chi connectivity index (χ4v) is 1.33. The van der Waals surface area contributed by atoms with Crippen molar-refractivity contribution in [3.8, 4) is 0 Å². The number of carboxylic acids is 1. The molecule has 0 aliphatic heterocycles. The molecule has 0 heterocycles. The standard InChI is InChI=1S/C11H13FN2O4/c1-5(15)9(11(17)18)14-10(16)7-4-6(12)2-3-8(7)13/h2-5,9,15H,13H2,1H3,(H,14,16)(H,17,18)/t5-,9+/m1/s1. The first-order valence-electron chi connectivity index (χ1n) is 5.09. The van der Waals surface area contributed by atoms with Crippen molar-refractivity contribution in [2.24, 2.45) is 0 Å². The van der Waals surface area contributed by atoms with Crippen molar-refractivity contribution in [3.05, 3.63) is 29.6 Å². The van der Waals surface area contributed by atoms with E-state index in [2.05, 4.69) is 5.32 Å². The maximum atomic E-state index is 13.0. The molecule has 18 heavy (non-hydrogen) atoms. The van der Waals surface area contributed by atoms with Crippen molar-refractivity contribution in [1.82, 2.24) is 5.32 Å². The number of nitrogens with two attached hydrogens (primary N) is 1. The Hall–Kier alpha value is -2.15. The van der Waals surface area contributed by atoms with Gasteiger partial charge in [0.05, 0.1) is 11.7 Å². The van der Waals surface area contributed by atoms with Crippen LogP contribution < -0.4 is 11.1 Å². The zero-order valence-corrected chi connectivity index (χ0v) is 9.55. The number of halogens is 1. The van der Waals surface area contributed by atoms with Crippen LogP contribution in [-0.4, -0.2) is 34.2 Å². The molecule has 0 saturated heterocycles. The zero-order valence-electron chi connectivity index (χ0n) is 9.55. The molecule has 0 radical (unpaired) electrons. The van der Waals surface area contributed by atoms with Crippen LogP contribution >= 0.6 is 0 Å². The van der Waals surface area contributed by atoms with Crippen LogP contribution in [0.15, 0.2) is 18.2 Å². The number of rotatable bonds is 4. The Bertz CT molecular complexity index is 476. The number of nitrogen functional groups attached to an aromatic ring is 1. The Morgan fingerprint density at radius 1 is 1.44 bits per heavy atom. The number of carbonyl (C=O) groups excluding carboxylic acids is 1. The lowest BCUT2D eigenvalue weighted by molar-refractivity contribution is -0.141. The molecule has 1 rings (SSSR count). The van der Waals surface area contributed by atoms with Gasteiger partial charge >= 0.3 is 5.97 Å². The van der Waals surface area contributed by atoms with Crippen LogP contribution in [0, 0.1) is 5.82 Å². The monoisotopic (exact) mass is 256 g/mol. The van der Waals surface area contributed by atoms with E-state index in [1.807, 2.05) is 0 Å². The Balaban J connectivity index is 2.94. The minimum absolute atomic E-state index is 0.0173. The van der Waals surface area contributed by atoms with Crippen LogP contribution in [0.3, 0.4) is 0 Å². The number of benzene rings is 1. The van der Waals surface area contributed by atoms with Gasteiger partial charge in [0.2, 0.25) is 0 Å². The molecule has 0 spiro atoms. The van der Waals surface area contributed by atoms with Crippen LogP contribution in [-0.2, 0) is 4.79 Å². The van der Waals surface area contributed by atoms with Gasteiger partial charge in [-0.15, -0.1) is 0 Å². The number of aliphatic hydroxyl groups excluding tert-OH is 1. The number of amides is 1. The predicted octanol–water partition coefficient (Wildman–Crippen LogP) is -0.0283. The van der Waals surface area contributed by atoms with E-state index in [9.17, 15) is 19.1 Å². The fourth-order valence-electron chi connectivity index (χ4n) is 1.33. The highest BCUT2D eigenvalue weighted by atomic mass is 19.1. The van der Waals surface area contributed by atoms with Gasteiger partial charge in [0, 0.05) is 5.69 Å². The van der Waals surface area contributed by atoms with Crippen LogP contribution in [0.1, 0.15) is 17.3 Å². The Morgan fingerprint density at radius 2 is 2.06 bits per heavy atom. The van der Waals surface area contributed by atoms with E-state index in [4.69, 9.17) is 10.8 Å². The summed E-state index contributed by atoms with van der Waals surface area (Å²) in [5, 5.41) is 20.0. The van der Waals surface area contributed by atoms with Crippen molar-refractivity contribution in [3.63, 3.8) is 0 Å². The lowest BCUT2D eigenvalue weighted by atomic mass is 10.1. The van der Waals surface area contributed by atoms with Gasteiger partial charge in [-0.1, -0.05) is 0 Å². The van der Waals surface area contributed by atoms with Crippen LogP contribution in [0.25, 0.3) is 0 Å². The second-order valence-electron chi connectivity index (χ2n) is 3.76.